The van der Waals surface area contributed by atoms with Crippen molar-refractivity contribution in [1.29, 1.82) is 0 Å². The number of aromatic nitrogens is 4. The van der Waals surface area contributed by atoms with E-state index in [4.69, 9.17) is 14.2 Å². The van der Waals surface area contributed by atoms with Gasteiger partial charge in [-0.3, -0.25) is 4.79 Å². The molecule has 1 aliphatic heterocycles. The van der Waals surface area contributed by atoms with Gasteiger partial charge in [-0.2, -0.15) is 0 Å². The lowest BCUT2D eigenvalue weighted by atomic mass is 10.0. The molecule has 9 heteroatoms. The molecule has 0 bridgehead atoms. The van der Waals surface area contributed by atoms with E-state index in [9.17, 15) is 4.79 Å². The lowest BCUT2D eigenvalue weighted by molar-refractivity contribution is -0.135. The normalized spacial score (nSPS) is 18.5. The molecule has 0 saturated heterocycles. The molecule has 0 N–H and O–H groups in total. The van der Waals surface area contributed by atoms with Gasteiger partial charge in [-0.15, -0.1) is 5.10 Å². The Morgan fingerprint density at radius 1 is 1.09 bits per heavy atom. The number of benzene rings is 2. The number of para-hydroxylation sites is 1. The van der Waals surface area contributed by atoms with Gasteiger partial charge in [0.1, 0.15) is 23.3 Å². The Hall–Kier alpha value is -3.62. The number of nitrogens with zero attached hydrogens (tertiary/aromatic N) is 5. The zero-order chi connectivity index (χ0) is 22.8. The van der Waals surface area contributed by atoms with Crippen LogP contribution < -0.4 is 14.2 Å². The average Bonchev–Trinajstić information content (AvgIpc) is 3.52. The minimum Gasteiger partial charge on any atom is -0.497 e. The summed E-state index contributed by atoms with van der Waals surface area (Å²) in [6, 6.07) is 13.0. The SMILES string of the molecule is COc1ccc(OC)c(CN2C(=O)COc3ccccc3C2c2nnnn2C2CCCC2)c1. The quantitative estimate of drug-likeness (QED) is 0.570. The Kier molecular flexibility index (Phi) is 5.85. The summed E-state index contributed by atoms with van der Waals surface area (Å²) in [5, 5.41) is 12.8. The number of carbonyl (C=O) groups excluding carboxylic acids is 1. The van der Waals surface area contributed by atoms with Crippen LogP contribution in [0.1, 0.15) is 54.7 Å². The monoisotopic (exact) mass is 449 g/mol. The first-order valence-electron chi connectivity index (χ1n) is 11.2. The van der Waals surface area contributed by atoms with E-state index in [2.05, 4.69) is 15.5 Å². The van der Waals surface area contributed by atoms with Crippen molar-refractivity contribution in [3.05, 3.63) is 59.4 Å². The number of ether oxygens (including phenoxy) is 3. The van der Waals surface area contributed by atoms with Gasteiger partial charge < -0.3 is 19.1 Å². The summed E-state index contributed by atoms with van der Waals surface area (Å²) in [5.41, 5.74) is 1.69. The minimum atomic E-state index is -0.497. The van der Waals surface area contributed by atoms with E-state index in [1.54, 1.807) is 19.1 Å². The number of fused-ring (bicyclic) bond motifs is 1. The van der Waals surface area contributed by atoms with Crippen LogP contribution in [-0.2, 0) is 11.3 Å². The number of amides is 1. The lowest BCUT2D eigenvalue weighted by Crippen LogP contribution is -2.37. The maximum absolute atomic E-state index is 13.4. The Balaban J connectivity index is 1.63. The van der Waals surface area contributed by atoms with E-state index in [0.29, 0.717) is 29.6 Å². The van der Waals surface area contributed by atoms with Crippen molar-refractivity contribution in [3.63, 3.8) is 0 Å². The largest absolute Gasteiger partial charge is 0.497 e. The summed E-state index contributed by atoms with van der Waals surface area (Å²) in [7, 11) is 3.23. The minimum absolute atomic E-state index is 0.0647. The van der Waals surface area contributed by atoms with E-state index in [0.717, 1.165) is 36.8 Å². The molecule has 9 nitrogen and oxygen atoms in total. The summed E-state index contributed by atoms with van der Waals surface area (Å²) < 4.78 is 18.8. The van der Waals surface area contributed by atoms with Gasteiger partial charge in [-0.05, 0) is 47.5 Å². The molecule has 1 aromatic heterocycles. The second kappa shape index (κ2) is 9.09. The molecule has 2 aliphatic rings. The first-order chi connectivity index (χ1) is 16.2. The van der Waals surface area contributed by atoms with Crippen molar-refractivity contribution in [2.45, 2.75) is 44.3 Å². The molecule has 1 unspecified atom stereocenters. The van der Waals surface area contributed by atoms with Gasteiger partial charge in [-0.1, -0.05) is 31.0 Å². The number of methoxy groups -OCH3 is 2. The Morgan fingerprint density at radius 2 is 1.91 bits per heavy atom. The summed E-state index contributed by atoms with van der Waals surface area (Å²) in [5.74, 6) is 2.53. The first kappa shape index (κ1) is 21.2. The Bertz CT molecular complexity index is 1140. The molecule has 1 amide bonds. The summed E-state index contributed by atoms with van der Waals surface area (Å²) >= 11 is 0. The highest BCUT2D eigenvalue weighted by molar-refractivity contribution is 5.80. The number of hydrogen-bond donors (Lipinski definition) is 0. The molecule has 3 aromatic rings. The average molecular weight is 450 g/mol. The molecule has 1 atom stereocenters. The van der Waals surface area contributed by atoms with Crippen LogP contribution in [0.2, 0.25) is 0 Å². The predicted octanol–water partition coefficient (Wildman–Crippen LogP) is 3.32. The predicted molar refractivity (Wildman–Crippen MR) is 119 cm³/mol. The van der Waals surface area contributed by atoms with Gasteiger partial charge >= 0.3 is 0 Å². The van der Waals surface area contributed by atoms with Gasteiger partial charge in [0.25, 0.3) is 5.91 Å². The van der Waals surface area contributed by atoms with Crippen LogP contribution in [0.15, 0.2) is 42.5 Å². The number of tetrazole rings is 1. The Labute approximate surface area is 192 Å². The third-order valence-electron chi connectivity index (χ3n) is 6.46. The van der Waals surface area contributed by atoms with Crippen LogP contribution in [0.4, 0.5) is 0 Å². The van der Waals surface area contributed by atoms with Gasteiger partial charge in [0.05, 0.1) is 26.8 Å². The molecular formula is C24H27N5O4. The van der Waals surface area contributed by atoms with E-state index >= 15 is 0 Å². The van der Waals surface area contributed by atoms with Gasteiger partial charge in [0.2, 0.25) is 0 Å². The van der Waals surface area contributed by atoms with Crippen LogP contribution in [-0.4, -0.2) is 51.8 Å². The highest BCUT2D eigenvalue weighted by atomic mass is 16.5. The van der Waals surface area contributed by atoms with Crippen LogP contribution in [0.25, 0.3) is 0 Å². The fourth-order valence-corrected chi connectivity index (χ4v) is 4.81. The molecule has 2 heterocycles. The first-order valence-corrected chi connectivity index (χ1v) is 11.2. The van der Waals surface area contributed by atoms with Crippen molar-refractivity contribution in [2.24, 2.45) is 0 Å². The maximum atomic E-state index is 13.4. The third kappa shape index (κ3) is 3.99. The number of rotatable bonds is 6. The zero-order valence-corrected chi connectivity index (χ0v) is 18.8. The topological polar surface area (TPSA) is 91.6 Å². The molecule has 33 heavy (non-hydrogen) atoms. The summed E-state index contributed by atoms with van der Waals surface area (Å²) in [6.45, 7) is 0.226. The smallest absolute Gasteiger partial charge is 0.261 e. The number of hydrogen-bond acceptors (Lipinski definition) is 7. The van der Waals surface area contributed by atoms with Crippen LogP contribution in [0.5, 0.6) is 17.2 Å². The van der Waals surface area contributed by atoms with Crippen molar-refractivity contribution >= 4 is 5.91 Å². The van der Waals surface area contributed by atoms with Gasteiger partial charge in [0, 0.05) is 11.1 Å². The van der Waals surface area contributed by atoms with E-state index in [-0.39, 0.29) is 18.6 Å². The molecule has 5 rings (SSSR count). The van der Waals surface area contributed by atoms with E-state index in [1.165, 1.54) is 0 Å². The molecule has 0 radical (unpaired) electrons. The lowest BCUT2D eigenvalue weighted by Gasteiger charge is -2.30. The fourth-order valence-electron chi connectivity index (χ4n) is 4.81. The highest BCUT2D eigenvalue weighted by Crippen LogP contribution is 2.40. The van der Waals surface area contributed by atoms with Crippen molar-refractivity contribution in [2.75, 3.05) is 20.8 Å². The summed E-state index contributed by atoms with van der Waals surface area (Å²) in [4.78, 5) is 15.2. The number of carbonyl (C=O) groups is 1. The highest BCUT2D eigenvalue weighted by Gasteiger charge is 2.38. The van der Waals surface area contributed by atoms with Crippen LogP contribution >= 0.6 is 0 Å². The standard InChI is InChI=1S/C24H27N5O4/c1-31-18-11-12-20(32-2)16(13-18)14-28-22(30)15-33-21-10-6-5-9-19(21)23(28)24-25-26-27-29(24)17-7-3-4-8-17/h5-6,9-13,17,23H,3-4,7-8,14-15H2,1-2H3. The van der Waals surface area contributed by atoms with E-state index < -0.39 is 6.04 Å². The van der Waals surface area contributed by atoms with Gasteiger partial charge in [0.15, 0.2) is 12.4 Å². The molecule has 0 spiro atoms. The van der Waals surface area contributed by atoms with Crippen LogP contribution in [0.3, 0.4) is 0 Å². The summed E-state index contributed by atoms with van der Waals surface area (Å²) in [6.07, 6.45) is 4.36. The van der Waals surface area contributed by atoms with Crippen molar-refractivity contribution < 1.29 is 19.0 Å². The maximum Gasteiger partial charge on any atom is 0.261 e. The van der Waals surface area contributed by atoms with Crippen molar-refractivity contribution in [3.8, 4) is 17.2 Å². The molecule has 2 aromatic carbocycles. The molecule has 1 fully saturated rings. The zero-order valence-electron chi connectivity index (χ0n) is 18.8. The molecule has 172 valence electrons. The molecule has 1 aliphatic carbocycles. The second-order valence-electron chi connectivity index (χ2n) is 8.35. The molecular weight excluding hydrogens is 422 g/mol. The van der Waals surface area contributed by atoms with Crippen LogP contribution in [0, 0.1) is 0 Å². The third-order valence-corrected chi connectivity index (χ3v) is 6.46. The van der Waals surface area contributed by atoms with Crippen molar-refractivity contribution in [1.82, 2.24) is 25.1 Å². The fraction of sp³-hybridized carbons (Fsp3) is 0.417. The molecule has 1 saturated carbocycles. The van der Waals surface area contributed by atoms with Gasteiger partial charge in [-0.25, -0.2) is 4.68 Å². The Morgan fingerprint density at radius 3 is 2.70 bits per heavy atom. The second-order valence-corrected chi connectivity index (χ2v) is 8.35. The van der Waals surface area contributed by atoms with E-state index in [1.807, 2.05) is 47.1 Å².